The highest BCUT2D eigenvalue weighted by Crippen LogP contribution is 2.10. The van der Waals surface area contributed by atoms with Gasteiger partial charge in [-0.05, 0) is 41.5 Å². The van der Waals surface area contributed by atoms with E-state index < -0.39 is 11.9 Å². The summed E-state index contributed by atoms with van der Waals surface area (Å²) in [4.78, 5) is 34.7. The van der Waals surface area contributed by atoms with Crippen molar-refractivity contribution in [2.45, 2.75) is 6.42 Å². The fourth-order valence-electron chi connectivity index (χ4n) is 2.17. The molecule has 2 aromatic carbocycles. The molecule has 128 valence electrons. The van der Waals surface area contributed by atoms with Crippen molar-refractivity contribution >= 4 is 23.8 Å². The first-order valence-electron chi connectivity index (χ1n) is 7.60. The van der Waals surface area contributed by atoms with Crippen molar-refractivity contribution in [1.82, 2.24) is 0 Å². The molecule has 0 spiro atoms. The number of esters is 2. The molecule has 0 unspecified atom stereocenters. The number of carbonyl (C=O) groups is 3. The molecule has 0 saturated heterocycles. The van der Waals surface area contributed by atoms with Crippen molar-refractivity contribution in [1.29, 1.82) is 0 Å². The van der Waals surface area contributed by atoms with Crippen LogP contribution in [0.2, 0.25) is 0 Å². The number of ether oxygens (including phenoxy) is 2. The van der Waals surface area contributed by atoms with Crippen LogP contribution in [0.4, 0.5) is 0 Å². The molecule has 2 rings (SSSR count). The monoisotopic (exact) mass is 338 g/mol. The van der Waals surface area contributed by atoms with Crippen molar-refractivity contribution < 1.29 is 23.9 Å². The van der Waals surface area contributed by atoms with Gasteiger partial charge in [-0.15, -0.1) is 0 Å². The molecule has 0 bridgehead atoms. The Labute approximate surface area is 145 Å². The number of benzene rings is 2. The van der Waals surface area contributed by atoms with Gasteiger partial charge in [0, 0.05) is 6.42 Å². The minimum absolute atomic E-state index is 0.0668. The van der Waals surface area contributed by atoms with Crippen molar-refractivity contribution in [2.24, 2.45) is 0 Å². The van der Waals surface area contributed by atoms with Gasteiger partial charge in [0.15, 0.2) is 5.78 Å². The summed E-state index contributed by atoms with van der Waals surface area (Å²) >= 11 is 0. The summed E-state index contributed by atoms with van der Waals surface area (Å²) in [6.45, 7) is 0. The summed E-state index contributed by atoms with van der Waals surface area (Å²) in [6, 6.07) is 13.5. The lowest BCUT2D eigenvalue weighted by molar-refractivity contribution is -0.113. The van der Waals surface area contributed by atoms with E-state index in [2.05, 4.69) is 9.47 Å². The Morgan fingerprint density at radius 3 is 1.76 bits per heavy atom. The Bertz CT molecular complexity index is 786. The Hall–Kier alpha value is -3.21. The largest absolute Gasteiger partial charge is 0.465 e. The lowest BCUT2D eigenvalue weighted by atomic mass is 10.1. The molecule has 0 aliphatic heterocycles. The molecule has 0 N–H and O–H groups in total. The van der Waals surface area contributed by atoms with E-state index in [-0.39, 0.29) is 12.2 Å². The first-order valence-corrected chi connectivity index (χ1v) is 7.60. The van der Waals surface area contributed by atoms with E-state index in [1.165, 1.54) is 20.3 Å². The molecule has 0 amide bonds. The van der Waals surface area contributed by atoms with Gasteiger partial charge in [0.25, 0.3) is 0 Å². The zero-order valence-corrected chi connectivity index (χ0v) is 14.0. The summed E-state index contributed by atoms with van der Waals surface area (Å²) in [6.07, 6.45) is 3.41. The number of allylic oxidation sites excluding steroid dienone is 1. The molecular weight excluding hydrogens is 320 g/mol. The van der Waals surface area contributed by atoms with Crippen LogP contribution in [-0.2, 0) is 20.7 Å². The number of ketones is 1. The lowest BCUT2D eigenvalue weighted by Gasteiger charge is -2.01. The average molecular weight is 338 g/mol. The second-order valence-electron chi connectivity index (χ2n) is 5.28. The van der Waals surface area contributed by atoms with Crippen LogP contribution in [0, 0.1) is 0 Å². The van der Waals surface area contributed by atoms with Crippen molar-refractivity contribution in [3.05, 3.63) is 76.9 Å². The predicted molar refractivity (Wildman–Crippen MR) is 93.3 cm³/mol. The molecule has 5 heteroatoms. The van der Waals surface area contributed by atoms with Crippen LogP contribution in [0.15, 0.2) is 54.6 Å². The number of hydrogen-bond acceptors (Lipinski definition) is 5. The summed E-state index contributed by atoms with van der Waals surface area (Å²) in [5, 5.41) is 0. The van der Waals surface area contributed by atoms with Crippen LogP contribution in [0.5, 0.6) is 0 Å². The van der Waals surface area contributed by atoms with E-state index in [4.69, 9.17) is 0 Å². The van der Waals surface area contributed by atoms with Gasteiger partial charge in [0.05, 0.1) is 25.3 Å². The third-order valence-electron chi connectivity index (χ3n) is 3.55. The molecule has 0 aliphatic rings. The van der Waals surface area contributed by atoms with E-state index in [1.54, 1.807) is 54.6 Å². The number of hydrogen-bond donors (Lipinski definition) is 0. The lowest BCUT2D eigenvalue weighted by Crippen LogP contribution is -2.02. The van der Waals surface area contributed by atoms with Gasteiger partial charge in [-0.3, -0.25) is 4.79 Å². The topological polar surface area (TPSA) is 69.7 Å². The molecule has 0 aromatic heterocycles. The highest BCUT2D eigenvalue weighted by atomic mass is 16.5. The Morgan fingerprint density at radius 2 is 1.28 bits per heavy atom. The number of carbonyl (C=O) groups excluding carboxylic acids is 3. The minimum atomic E-state index is -0.409. The quantitative estimate of drug-likeness (QED) is 0.598. The fourth-order valence-corrected chi connectivity index (χ4v) is 2.17. The maximum absolute atomic E-state index is 12.0. The molecule has 0 heterocycles. The third kappa shape index (κ3) is 5.14. The number of methoxy groups -OCH3 is 2. The fraction of sp³-hybridized carbons (Fsp3) is 0.150. The smallest absolute Gasteiger partial charge is 0.337 e. The van der Waals surface area contributed by atoms with Crippen molar-refractivity contribution in [3.63, 3.8) is 0 Å². The first-order chi connectivity index (χ1) is 12.0. The summed E-state index contributed by atoms with van der Waals surface area (Å²) in [7, 11) is 2.65. The minimum Gasteiger partial charge on any atom is -0.465 e. The standard InChI is InChI=1S/C20H18O5/c1-24-19(22)16-8-3-14(4-9-16)7-12-18(21)13-15-5-10-17(11-6-15)20(23)25-2/h3-12H,13H2,1-2H3/b12-7+. The molecule has 5 nitrogen and oxygen atoms in total. The molecule has 0 saturated carbocycles. The summed E-state index contributed by atoms with van der Waals surface area (Å²) in [5.41, 5.74) is 2.52. The van der Waals surface area contributed by atoms with Crippen LogP contribution >= 0.6 is 0 Å². The van der Waals surface area contributed by atoms with Gasteiger partial charge in [0.2, 0.25) is 0 Å². The van der Waals surface area contributed by atoms with E-state index in [1.807, 2.05) is 0 Å². The molecule has 0 radical (unpaired) electrons. The average Bonchev–Trinajstić information content (AvgIpc) is 2.66. The Kier molecular flexibility index (Phi) is 6.23. The van der Waals surface area contributed by atoms with E-state index in [0.717, 1.165) is 11.1 Å². The normalized spacial score (nSPS) is 10.5. The van der Waals surface area contributed by atoms with Crippen LogP contribution in [0.3, 0.4) is 0 Å². The second-order valence-corrected chi connectivity index (χ2v) is 5.28. The zero-order chi connectivity index (χ0) is 18.2. The van der Waals surface area contributed by atoms with Crippen LogP contribution in [0.25, 0.3) is 6.08 Å². The molecular formula is C20H18O5. The van der Waals surface area contributed by atoms with Crippen molar-refractivity contribution in [3.8, 4) is 0 Å². The highest BCUT2D eigenvalue weighted by Gasteiger charge is 2.06. The van der Waals surface area contributed by atoms with E-state index in [0.29, 0.717) is 11.1 Å². The maximum atomic E-state index is 12.0. The van der Waals surface area contributed by atoms with Crippen LogP contribution in [-0.4, -0.2) is 31.9 Å². The predicted octanol–water partition coefficient (Wildman–Crippen LogP) is 3.08. The highest BCUT2D eigenvalue weighted by molar-refractivity contribution is 5.95. The molecule has 2 aromatic rings. The van der Waals surface area contributed by atoms with E-state index in [9.17, 15) is 14.4 Å². The SMILES string of the molecule is COC(=O)c1ccc(/C=C/C(=O)Cc2ccc(C(=O)OC)cc2)cc1. The van der Waals surface area contributed by atoms with Gasteiger partial charge >= 0.3 is 11.9 Å². The Morgan fingerprint density at radius 1 is 0.800 bits per heavy atom. The molecule has 25 heavy (non-hydrogen) atoms. The molecule has 0 fully saturated rings. The maximum Gasteiger partial charge on any atom is 0.337 e. The zero-order valence-electron chi connectivity index (χ0n) is 14.0. The van der Waals surface area contributed by atoms with Gasteiger partial charge in [-0.25, -0.2) is 9.59 Å². The van der Waals surface area contributed by atoms with Gasteiger partial charge in [-0.1, -0.05) is 30.3 Å². The summed E-state index contributed by atoms with van der Waals surface area (Å²) < 4.78 is 9.26. The molecule has 0 atom stereocenters. The second kappa shape index (κ2) is 8.59. The van der Waals surface area contributed by atoms with Gasteiger partial charge in [-0.2, -0.15) is 0 Å². The van der Waals surface area contributed by atoms with Crippen LogP contribution in [0.1, 0.15) is 31.8 Å². The van der Waals surface area contributed by atoms with Crippen molar-refractivity contribution in [2.75, 3.05) is 14.2 Å². The van der Waals surface area contributed by atoms with Gasteiger partial charge in [0.1, 0.15) is 0 Å². The third-order valence-corrected chi connectivity index (χ3v) is 3.55. The summed E-state index contributed by atoms with van der Waals surface area (Å²) in [5.74, 6) is -0.877. The Balaban J connectivity index is 1.96. The van der Waals surface area contributed by atoms with Gasteiger partial charge < -0.3 is 9.47 Å². The van der Waals surface area contributed by atoms with Crippen LogP contribution < -0.4 is 0 Å². The van der Waals surface area contributed by atoms with E-state index >= 15 is 0 Å². The first kappa shape index (κ1) is 18.1. The number of rotatable bonds is 6. The molecule has 0 aliphatic carbocycles.